The summed E-state index contributed by atoms with van der Waals surface area (Å²) in [5.74, 6) is -1.10. The van der Waals surface area contributed by atoms with Crippen LogP contribution in [0, 0.1) is 11.3 Å². The Bertz CT molecular complexity index is 706. The van der Waals surface area contributed by atoms with Gasteiger partial charge in [-0.2, -0.15) is 5.26 Å². The van der Waals surface area contributed by atoms with E-state index in [1.54, 1.807) is 6.20 Å². The van der Waals surface area contributed by atoms with Gasteiger partial charge < -0.3 is 4.74 Å². The van der Waals surface area contributed by atoms with Crippen LogP contribution in [0.3, 0.4) is 0 Å². The third kappa shape index (κ3) is 4.37. The molecule has 0 spiro atoms. The Kier molecular flexibility index (Phi) is 5.03. The molecule has 0 saturated carbocycles. The lowest BCUT2D eigenvalue weighted by atomic mass is 10.1. The van der Waals surface area contributed by atoms with Gasteiger partial charge in [-0.3, -0.25) is 10.1 Å². The maximum Gasteiger partial charge on any atom is 0.338 e. The second kappa shape index (κ2) is 6.97. The lowest BCUT2D eigenvalue weighted by Gasteiger charge is -2.04. The molecule has 21 heavy (non-hydrogen) atoms. The van der Waals surface area contributed by atoms with E-state index in [1.165, 1.54) is 35.6 Å². The molecule has 1 heterocycles. The summed E-state index contributed by atoms with van der Waals surface area (Å²) in [5, 5.41) is 11.6. The molecule has 1 aromatic heterocycles. The lowest BCUT2D eigenvalue weighted by molar-refractivity contribution is -0.119. The second-order valence-electron chi connectivity index (χ2n) is 3.78. The predicted molar refractivity (Wildman–Crippen MR) is 79.9 cm³/mol. The molecule has 6 nitrogen and oxygen atoms in total. The highest BCUT2D eigenvalue weighted by Gasteiger charge is 2.11. The molecule has 106 valence electrons. The number of aromatic nitrogens is 1. The van der Waals surface area contributed by atoms with Crippen molar-refractivity contribution in [2.75, 3.05) is 11.9 Å². The summed E-state index contributed by atoms with van der Waals surface area (Å²) in [5.41, 5.74) is 0.720. The van der Waals surface area contributed by atoms with E-state index in [-0.39, 0.29) is 5.56 Å². The molecule has 0 unspecified atom stereocenters. The van der Waals surface area contributed by atoms with E-state index < -0.39 is 18.5 Å². The van der Waals surface area contributed by atoms with E-state index in [4.69, 9.17) is 10.00 Å². The number of nitrogens with one attached hydrogen (secondary N) is 1. The van der Waals surface area contributed by atoms with Crippen LogP contribution in [0.5, 0.6) is 0 Å². The van der Waals surface area contributed by atoms with Gasteiger partial charge in [0.1, 0.15) is 0 Å². The number of carbonyl (C=O) groups excluding carboxylic acids is 2. The van der Waals surface area contributed by atoms with Crippen molar-refractivity contribution in [1.82, 2.24) is 4.98 Å². The van der Waals surface area contributed by atoms with Crippen LogP contribution in [0.2, 0.25) is 0 Å². The Morgan fingerprint density at radius 1 is 1.38 bits per heavy atom. The van der Waals surface area contributed by atoms with Crippen molar-refractivity contribution in [2.24, 2.45) is 0 Å². The van der Waals surface area contributed by atoms with Gasteiger partial charge in [-0.05, 0) is 40.2 Å². The third-order valence-corrected chi connectivity index (χ3v) is 3.70. The molecule has 0 saturated heterocycles. The maximum absolute atomic E-state index is 11.7. The fourth-order valence-corrected chi connectivity index (χ4v) is 2.49. The zero-order chi connectivity index (χ0) is 15.2. The number of carbonyl (C=O) groups is 2. The van der Waals surface area contributed by atoms with Gasteiger partial charge in [0.05, 0.1) is 27.2 Å². The Morgan fingerprint density at radius 3 is 2.67 bits per heavy atom. The normalized spacial score (nSPS) is 9.71. The molecule has 8 heteroatoms. The fraction of sp³-hybridized carbons (Fsp3) is 0.0769. The number of esters is 1. The number of nitriles is 1. The van der Waals surface area contributed by atoms with Crippen LogP contribution < -0.4 is 5.32 Å². The average Bonchev–Trinajstić information content (AvgIpc) is 2.90. The van der Waals surface area contributed by atoms with Gasteiger partial charge in [0, 0.05) is 0 Å². The zero-order valence-corrected chi connectivity index (χ0v) is 12.9. The van der Waals surface area contributed by atoms with Crippen LogP contribution in [0.1, 0.15) is 15.9 Å². The van der Waals surface area contributed by atoms with Crippen LogP contribution in [0.25, 0.3) is 0 Å². The second-order valence-corrected chi connectivity index (χ2v) is 6.19. The largest absolute Gasteiger partial charge is 0.452 e. The van der Waals surface area contributed by atoms with Crippen molar-refractivity contribution in [3.63, 3.8) is 0 Å². The number of ether oxygens (including phenoxy) is 1. The van der Waals surface area contributed by atoms with Gasteiger partial charge in [-0.25, -0.2) is 9.78 Å². The smallest absolute Gasteiger partial charge is 0.338 e. The van der Waals surface area contributed by atoms with E-state index in [1.807, 2.05) is 6.07 Å². The number of hydrogen-bond acceptors (Lipinski definition) is 6. The first-order chi connectivity index (χ1) is 10.1. The Balaban J connectivity index is 1.85. The quantitative estimate of drug-likeness (QED) is 0.840. The summed E-state index contributed by atoms with van der Waals surface area (Å²) in [4.78, 5) is 27.2. The van der Waals surface area contributed by atoms with Crippen molar-refractivity contribution in [2.45, 2.75) is 0 Å². The molecule has 0 atom stereocenters. The lowest BCUT2D eigenvalue weighted by Crippen LogP contribution is -2.20. The number of benzene rings is 1. The minimum Gasteiger partial charge on any atom is -0.452 e. The predicted octanol–water partition coefficient (Wildman–Crippen LogP) is 2.57. The monoisotopic (exact) mass is 365 g/mol. The molecule has 1 aromatic carbocycles. The van der Waals surface area contributed by atoms with Gasteiger partial charge >= 0.3 is 5.97 Å². The number of anilines is 1. The summed E-state index contributed by atoms with van der Waals surface area (Å²) in [6, 6.07) is 7.89. The summed E-state index contributed by atoms with van der Waals surface area (Å²) >= 11 is 4.48. The first kappa shape index (κ1) is 15.2. The number of amides is 1. The van der Waals surface area contributed by atoms with Crippen molar-refractivity contribution in [1.29, 1.82) is 5.26 Å². The van der Waals surface area contributed by atoms with Crippen LogP contribution in [0.4, 0.5) is 5.13 Å². The highest BCUT2D eigenvalue weighted by atomic mass is 79.9. The molecule has 1 amide bonds. The molecule has 0 aliphatic heterocycles. The topological polar surface area (TPSA) is 92.1 Å². The minimum atomic E-state index is -0.630. The number of rotatable bonds is 4. The summed E-state index contributed by atoms with van der Waals surface area (Å²) in [6.07, 6.45) is 1.56. The molecule has 0 aliphatic carbocycles. The van der Waals surface area contributed by atoms with E-state index in [2.05, 4.69) is 26.2 Å². The first-order valence-electron chi connectivity index (χ1n) is 5.67. The Labute approximate surface area is 132 Å². The van der Waals surface area contributed by atoms with Crippen LogP contribution >= 0.6 is 27.3 Å². The van der Waals surface area contributed by atoms with Crippen molar-refractivity contribution in [3.8, 4) is 6.07 Å². The molecule has 0 radical (unpaired) electrons. The summed E-state index contributed by atoms with van der Waals surface area (Å²) in [6.45, 7) is -0.407. The van der Waals surface area contributed by atoms with E-state index in [0.29, 0.717) is 10.7 Å². The van der Waals surface area contributed by atoms with Crippen molar-refractivity contribution in [3.05, 3.63) is 45.4 Å². The van der Waals surface area contributed by atoms with Crippen LogP contribution in [-0.2, 0) is 9.53 Å². The van der Waals surface area contributed by atoms with E-state index in [0.717, 1.165) is 3.79 Å². The van der Waals surface area contributed by atoms with Gasteiger partial charge in [0.25, 0.3) is 5.91 Å². The van der Waals surface area contributed by atoms with Crippen molar-refractivity contribution < 1.29 is 14.3 Å². The Morgan fingerprint density at radius 2 is 2.10 bits per heavy atom. The molecule has 0 aliphatic rings. The Hall–Kier alpha value is -2.24. The first-order valence-corrected chi connectivity index (χ1v) is 7.28. The average molecular weight is 366 g/mol. The third-order valence-electron chi connectivity index (χ3n) is 2.31. The standard InChI is InChI=1S/C13H8BrN3O3S/c14-10-6-16-13(21-10)17-11(18)7-20-12(19)9-3-1-8(5-15)2-4-9/h1-4,6H,7H2,(H,16,17,18). The number of thiazole rings is 1. The molecule has 2 aromatic rings. The van der Waals surface area contributed by atoms with Gasteiger partial charge in [0.2, 0.25) is 0 Å². The fourth-order valence-electron chi connectivity index (χ4n) is 1.36. The minimum absolute atomic E-state index is 0.277. The molecular formula is C13H8BrN3O3S. The summed E-state index contributed by atoms with van der Waals surface area (Å²) in [7, 11) is 0. The van der Waals surface area contributed by atoms with E-state index >= 15 is 0 Å². The number of nitrogens with zero attached hydrogens (tertiary/aromatic N) is 2. The number of halogens is 1. The van der Waals surface area contributed by atoms with Crippen LogP contribution in [-0.4, -0.2) is 23.5 Å². The van der Waals surface area contributed by atoms with Gasteiger partial charge in [0.15, 0.2) is 11.7 Å². The van der Waals surface area contributed by atoms with Gasteiger partial charge in [-0.1, -0.05) is 11.3 Å². The maximum atomic E-state index is 11.7. The van der Waals surface area contributed by atoms with E-state index in [9.17, 15) is 9.59 Å². The summed E-state index contributed by atoms with van der Waals surface area (Å²) < 4.78 is 5.66. The number of hydrogen-bond donors (Lipinski definition) is 1. The highest BCUT2D eigenvalue weighted by molar-refractivity contribution is 9.11. The molecular weight excluding hydrogens is 358 g/mol. The molecule has 2 rings (SSSR count). The van der Waals surface area contributed by atoms with Crippen molar-refractivity contribution >= 4 is 44.3 Å². The van der Waals surface area contributed by atoms with Gasteiger partial charge in [-0.15, -0.1) is 0 Å². The highest BCUT2D eigenvalue weighted by Crippen LogP contribution is 2.22. The zero-order valence-electron chi connectivity index (χ0n) is 10.5. The molecule has 1 N–H and O–H groups in total. The van der Waals surface area contributed by atoms with Crippen LogP contribution in [0.15, 0.2) is 34.2 Å². The molecule has 0 fully saturated rings. The molecule has 0 bridgehead atoms. The SMILES string of the molecule is N#Cc1ccc(C(=O)OCC(=O)Nc2ncc(Br)s2)cc1.